The van der Waals surface area contributed by atoms with E-state index in [0.29, 0.717) is 6.42 Å². The Kier molecular flexibility index (Phi) is 4.02. The summed E-state index contributed by atoms with van der Waals surface area (Å²) in [6.45, 7) is 4.06. The predicted octanol–water partition coefficient (Wildman–Crippen LogP) is 3.03. The summed E-state index contributed by atoms with van der Waals surface area (Å²) in [7, 11) is 0. The molecule has 2 rings (SSSR count). The van der Waals surface area contributed by atoms with E-state index in [0.717, 1.165) is 30.9 Å². The lowest BCUT2D eigenvalue weighted by atomic mass is 10.2. The van der Waals surface area contributed by atoms with Gasteiger partial charge in [-0.1, -0.05) is 13.3 Å². The van der Waals surface area contributed by atoms with Crippen molar-refractivity contribution in [3.63, 3.8) is 0 Å². The van der Waals surface area contributed by atoms with Crippen LogP contribution in [0, 0.1) is 0 Å². The minimum absolute atomic E-state index is 0.247. The highest BCUT2D eigenvalue weighted by Gasteiger charge is 2.21. The van der Waals surface area contributed by atoms with Gasteiger partial charge in [0, 0.05) is 30.9 Å². The first kappa shape index (κ1) is 12.0. The number of benzene rings is 1. The monoisotopic (exact) mass is 232 g/mol. The van der Waals surface area contributed by atoms with Crippen molar-refractivity contribution in [2.24, 2.45) is 0 Å². The highest BCUT2D eigenvalue weighted by molar-refractivity contribution is 5.95. The van der Waals surface area contributed by atoms with Gasteiger partial charge in [-0.2, -0.15) is 0 Å². The van der Waals surface area contributed by atoms with Crippen LogP contribution in [0.3, 0.4) is 0 Å². The molecule has 0 unspecified atom stereocenters. The van der Waals surface area contributed by atoms with Gasteiger partial charge in [-0.25, -0.2) is 0 Å². The Hall–Kier alpha value is -1.51. The molecule has 1 aromatic rings. The minimum Gasteiger partial charge on any atom is -0.385 e. The quantitative estimate of drug-likeness (QED) is 0.791. The lowest BCUT2D eigenvalue weighted by Crippen LogP contribution is -2.23. The van der Waals surface area contributed by atoms with Crippen molar-refractivity contribution in [3.8, 4) is 0 Å². The maximum absolute atomic E-state index is 11.6. The van der Waals surface area contributed by atoms with Gasteiger partial charge in [0.1, 0.15) is 0 Å². The molecule has 1 aromatic carbocycles. The fourth-order valence-corrected chi connectivity index (χ4v) is 2.09. The summed E-state index contributed by atoms with van der Waals surface area (Å²) >= 11 is 0. The summed E-state index contributed by atoms with van der Waals surface area (Å²) in [5, 5.41) is 3.37. The summed E-state index contributed by atoms with van der Waals surface area (Å²) in [5.41, 5.74) is 2.15. The second-order valence-corrected chi connectivity index (χ2v) is 4.48. The van der Waals surface area contributed by atoms with Gasteiger partial charge >= 0.3 is 0 Å². The Labute approximate surface area is 103 Å². The Morgan fingerprint density at radius 3 is 2.65 bits per heavy atom. The third kappa shape index (κ3) is 2.99. The van der Waals surface area contributed by atoms with Crippen molar-refractivity contribution in [1.82, 2.24) is 0 Å². The molecule has 0 saturated carbocycles. The lowest BCUT2D eigenvalue weighted by molar-refractivity contribution is -0.117. The standard InChI is InChI=1S/C14H20N2O/c1-2-3-10-15-12-6-8-13(9-7-12)16-11-4-5-14(16)17/h6-9,15H,2-5,10-11H2,1H3. The molecule has 0 aliphatic carbocycles. The van der Waals surface area contributed by atoms with E-state index in [1.165, 1.54) is 12.8 Å². The lowest BCUT2D eigenvalue weighted by Gasteiger charge is -2.16. The summed E-state index contributed by atoms with van der Waals surface area (Å²) in [6, 6.07) is 8.15. The molecule has 3 heteroatoms. The van der Waals surface area contributed by atoms with E-state index >= 15 is 0 Å². The number of nitrogens with one attached hydrogen (secondary N) is 1. The molecule has 0 bridgehead atoms. The molecular weight excluding hydrogens is 212 g/mol. The zero-order valence-electron chi connectivity index (χ0n) is 10.4. The molecule has 1 fully saturated rings. The number of unbranched alkanes of at least 4 members (excludes halogenated alkanes) is 1. The van der Waals surface area contributed by atoms with Gasteiger partial charge in [0.2, 0.25) is 5.91 Å². The molecule has 1 amide bonds. The SMILES string of the molecule is CCCCNc1ccc(N2CCCC2=O)cc1. The number of carbonyl (C=O) groups is 1. The fourth-order valence-electron chi connectivity index (χ4n) is 2.09. The molecule has 1 aliphatic heterocycles. The normalized spacial score (nSPS) is 15.4. The number of hydrogen-bond donors (Lipinski definition) is 1. The molecular formula is C14H20N2O. The van der Waals surface area contributed by atoms with Gasteiger partial charge in [0.05, 0.1) is 0 Å². The number of hydrogen-bond acceptors (Lipinski definition) is 2. The maximum Gasteiger partial charge on any atom is 0.227 e. The van der Waals surface area contributed by atoms with Crippen LogP contribution in [-0.4, -0.2) is 19.0 Å². The van der Waals surface area contributed by atoms with E-state index in [4.69, 9.17) is 0 Å². The second-order valence-electron chi connectivity index (χ2n) is 4.48. The Bertz CT molecular complexity index is 372. The van der Waals surface area contributed by atoms with Gasteiger partial charge in [-0.3, -0.25) is 4.79 Å². The highest BCUT2D eigenvalue weighted by atomic mass is 16.2. The average Bonchev–Trinajstić information content (AvgIpc) is 2.77. The van der Waals surface area contributed by atoms with Crippen LogP contribution in [0.2, 0.25) is 0 Å². The Morgan fingerprint density at radius 1 is 1.29 bits per heavy atom. The van der Waals surface area contributed by atoms with Crippen molar-refractivity contribution in [2.45, 2.75) is 32.6 Å². The first-order valence-electron chi connectivity index (χ1n) is 6.45. The van der Waals surface area contributed by atoms with E-state index in [2.05, 4.69) is 24.4 Å². The zero-order valence-corrected chi connectivity index (χ0v) is 10.4. The third-order valence-corrected chi connectivity index (χ3v) is 3.11. The molecule has 1 heterocycles. The first-order chi connectivity index (χ1) is 8.31. The number of anilines is 2. The van der Waals surface area contributed by atoms with E-state index in [9.17, 15) is 4.79 Å². The van der Waals surface area contributed by atoms with E-state index in [-0.39, 0.29) is 5.91 Å². The van der Waals surface area contributed by atoms with Crippen molar-refractivity contribution < 1.29 is 4.79 Å². The van der Waals surface area contributed by atoms with Gasteiger partial charge < -0.3 is 10.2 Å². The molecule has 17 heavy (non-hydrogen) atoms. The van der Waals surface area contributed by atoms with Crippen molar-refractivity contribution in [2.75, 3.05) is 23.3 Å². The molecule has 92 valence electrons. The van der Waals surface area contributed by atoms with Gasteiger partial charge in [-0.05, 0) is 37.1 Å². The number of carbonyl (C=O) groups excluding carboxylic acids is 1. The van der Waals surface area contributed by atoms with Crippen LogP contribution >= 0.6 is 0 Å². The fraction of sp³-hybridized carbons (Fsp3) is 0.500. The molecule has 0 spiro atoms. The molecule has 0 atom stereocenters. The largest absolute Gasteiger partial charge is 0.385 e. The van der Waals surface area contributed by atoms with E-state index in [1.54, 1.807) is 0 Å². The summed E-state index contributed by atoms with van der Waals surface area (Å²) in [6.07, 6.45) is 4.06. The topological polar surface area (TPSA) is 32.3 Å². The zero-order chi connectivity index (χ0) is 12.1. The maximum atomic E-state index is 11.6. The van der Waals surface area contributed by atoms with Crippen LogP contribution in [0.4, 0.5) is 11.4 Å². The summed E-state index contributed by atoms with van der Waals surface area (Å²) < 4.78 is 0. The average molecular weight is 232 g/mol. The molecule has 3 nitrogen and oxygen atoms in total. The van der Waals surface area contributed by atoms with Crippen LogP contribution in [0.1, 0.15) is 32.6 Å². The molecule has 1 N–H and O–H groups in total. The highest BCUT2D eigenvalue weighted by Crippen LogP contribution is 2.22. The van der Waals surface area contributed by atoms with Gasteiger partial charge in [-0.15, -0.1) is 0 Å². The molecule has 0 radical (unpaired) electrons. The summed E-state index contributed by atoms with van der Waals surface area (Å²) in [5.74, 6) is 0.247. The second kappa shape index (κ2) is 5.71. The minimum atomic E-state index is 0.247. The van der Waals surface area contributed by atoms with Crippen LogP contribution in [0.25, 0.3) is 0 Å². The Balaban J connectivity index is 1.95. The predicted molar refractivity (Wildman–Crippen MR) is 71.4 cm³/mol. The van der Waals surface area contributed by atoms with Crippen LogP contribution in [0.15, 0.2) is 24.3 Å². The molecule has 0 aromatic heterocycles. The Morgan fingerprint density at radius 2 is 2.06 bits per heavy atom. The number of rotatable bonds is 5. The van der Waals surface area contributed by atoms with Crippen LogP contribution < -0.4 is 10.2 Å². The van der Waals surface area contributed by atoms with Crippen LogP contribution in [0.5, 0.6) is 0 Å². The van der Waals surface area contributed by atoms with E-state index in [1.807, 2.05) is 17.0 Å². The molecule has 1 aliphatic rings. The van der Waals surface area contributed by atoms with Crippen molar-refractivity contribution in [3.05, 3.63) is 24.3 Å². The smallest absolute Gasteiger partial charge is 0.227 e. The van der Waals surface area contributed by atoms with Gasteiger partial charge in [0.15, 0.2) is 0 Å². The summed E-state index contributed by atoms with van der Waals surface area (Å²) in [4.78, 5) is 13.5. The van der Waals surface area contributed by atoms with Crippen molar-refractivity contribution in [1.29, 1.82) is 0 Å². The molecule has 1 saturated heterocycles. The first-order valence-corrected chi connectivity index (χ1v) is 6.45. The van der Waals surface area contributed by atoms with E-state index < -0.39 is 0 Å². The van der Waals surface area contributed by atoms with Gasteiger partial charge in [0.25, 0.3) is 0 Å². The number of amides is 1. The van der Waals surface area contributed by atoms with Crippen LogP contribution in [-0.2, 0) is 4.79 Å². The van der Waals surface area contributed by atoms with Crippen molar-refractivity contribution >= 4 is 17.3 Å². The number of nitrogens with zero attached hydrogens (tertiary/aromatic N) is 1. The third-order valence-electron chi connectivity index (χ3n) is 3.11.